The Hall–Kier alpha value is -2.54. The van der Waals surface area contributed by atoms with Crippen LogP contribution in [0.3, 0.4) is 0 Å². The highest BCUT2D eigenvalue weighted by atomic mass is 16.6. The molecule has 0 spiro atoms. The second-order valence-corrected chi connectivity index (χ2v) is 8.22. The fraction of sp³-hybridized carbons (Fsp3) is 0.524. The molecule has 154 valence electrons. The lowest BCUT2D eigenvalue weighted by Crippen LogP contribution is -2.43. The van der Waals surface area contributed by atoms with Gasteiger partial charge in [0.25, 0.3) is 5.91 Å². The number of amides is 1. The van der Waals surface area contributed by atoms with Crippen molar-refractivity contribution in [1.82, 2.24) is 14.8 Å². The van der Waals surface area contributed by atoms with Gasteiger partial charge in [-0.25, -0.2) is 4.79 Å². The van der Waals surface area contributed by atoms with Gasteiger partial charge in [0.1, 0.15) is 5.75 Å². The molecule has 28 heavy (non-hydrogen) atoms. The Morgan fingerprint density at radius 3 is 2.50 bits per heavy atom. The van der Waals surface area contributed by atoms with E-state index in [-0.39, 0.29) is 5.91 Å². The van der Waals surface area contributed by atoms with Crippen LogP contribution in [-0.2, 0) is 11.2 Å². The summed E-state index contributed by atoms with van der Waals surface area (Å²) in [6.07, 6.45) is 1.09. The Bertz CT molecular complexity index is 849. The zero-order chi connectivity index (χ0) is 21.1. The summed E-state index contributed by atoms with van der Waals surface area (Å²) in [5.41, 5.74) is 1.38. The number of rotatable bonds is 6. The average Bonchev–Trinajstić information content (AvgIpc) is 2.95. The predicted molar refractivity (Wildman–Crippen MR) is 110 cm³/mol. The molecule has 0 unspecified atom stereocenters. The summed E-state index contributed by atoms with van der Waals surface area (Å²) in [6.45, 7) is 7.99. The van der Waals surface area contributed by atoms with Crippen LogP contribution in [0.2, 0.25) is 0 Å². The third-order valence-electron chi connectivity index (χ3n) is 4.27. The fourth-order valence-electron chi connectivity index (χ4n) is 2.87. The van der Waals surface area contributed by atoms with Gasteiger partial charge >= 0.3 is 6.09 Å². The SMILES string of the molecule is COc1ccc2c(c1)c(CCN(C)C)cn2C(=O)[C@H](C)OC(=O)NC(C)(C)C. The van der Waals surface area contributed by atoms with E-state index in [1.165, 1.54) is 0 Å². The highest BCUT2D eigenvalue weighted by molar-refractivity contribution is 5.97. The number of alkyl carbamates (subject to hydrolysis) is 1. The molecule has 1 amide bonds. The van der Waals surface area contributed by atoms with Gasteiger partial charge in [0, 0.05) is 23.7 Å². The zero-order valence-corrected chi connectivity index (χ0v) is 17.8. The standard InChI is InChI=1S/C21H31N3O4/c1-14(28-20(26)22-21(2,3)4)19(25)24-13-15(10-11-23(5)6)17-12-16(27-7)8-9-18(17)24/h8-9,12-14H,10-11H2,1-7H3,(H,22,26)/t14-/m0/s1. The number of nitrogens with one attached hydrogen (secondary N) is 1. The van der Waals surface area contributed by atoms with E-state index in [0.29, 0.717) is 0 Å². The van der Waals surface area contributed by atoms with Crippen LogP contribution in [0.1, 0.15) is 38.1 Å². The molecule has 1 aromatic carbocycles. The molecule has 0 aliphatic rings. The number of hydrogen-bond acceptors (Lipinski definition) is 5. The molecule has 0 aliphatic heterocycles. The normalized spacial score (nSPS) is 12.9. The summed E-state index contributed by atoms with van der Waals surface area (Å²) in [5, 5.41) is 3.66. The van der Waals surface area contributed by atoms with Gasteiger partial charge in [-0.15, -0.1) is 0 Å². The van der Waals surface area contributed by atoms with Gasteiger partial charge in [0.2, 0.25) is 0 Å². The van der Waals surface area contributed by atoms with Gasteiger partial charge in [-0.3, -0.25) is 9.36 Å². The molecule has 0 bridgehead atoms. The molecular weight excluding hydrogens is 358 g/mol. The zero-order valence-electron chi connectivity index (χ0n) is 17.8. The third kappa shape index (κ3) is 5.48. The summed E-state index contributed by atoms with van der Waals surface area (Å²) in [6, 6.07) is 5.61. The molecule has 0 aliphatic carbocycles. The van der Waals surface area contributed by atoms with E-state index in [4.69, 9.17) is 9.47 Å². The molecule has 1 N–H and O–H groups in total. The molecule has 0 saturated carbocycles. The van der Waals surface area contributed by atoms with Gasteiger partial charge in [-0.2, -0.15) is 0 Å². The van der Waals surface area contributed by atoms with E-state index in [1.807, 2.05) is 59.3 Å². The minimum atomic E-state index is -0.915. The molecule has 2 aromatic rings. The highest BCUT2D eigenvalue weighted by Gasteiger charge is 2.24. The van der Waals surface area contributed by atoms with Crippen molar-refractivity contribution in [3.05, 3.63) is 30.0 Å². The van der Waals surface area contributed by atoms with Crippen LogP contribution in [0.5, 0.6) is 5.75 Å². The molecule has 7 heteroatoms. The lowest BCUT2D eigenvalue weighted by molar-refractivity contribution is 0.0577. The number of methoxy groups -OCH3 is 1. The van der Waals surface area contributed by atoms with E-state index in [9.17, 15) is 9.59 Å². The number of ether oxygens (including phenoxy) is 2. The third-order valence-corrected chi connectivity index (χ3v) is 4.27. The van der Waals surface area contributed by atoms with Crippen molar-refractivity contribution >= 4 is 22.9 Å². The van der Waals surface area contributed by atoms with E-state index >= 15 is 0 Å². The molecule has 2 rings (SSSR count). The van der Waals surface area contributed by atoms with Crippen LogP contribution < -0.4 is 10.1 Å². The van der Waals surface area contributed by atoms with Crippen LogP contribution in [0, 0.1) is 0 Å². The Labute approximate surface area is 166 Å². The summed E-state index contributed by atoms with van der Waals surface area (Å²) >= 11 is 0. The molecule has 1 aromatic heterocycles. The number of aromatic nitrogens is 1. The Kier molecular flexibility index (Phi) is 6.72. The molecule has 1 heterocycles. The van der Waals surface area contributed by atoms with Gasteiger partial charge in [0.15, 0.2) is 6.10 Å². The minimum Gasteiger partial charge on any atom is -0.497 e. The molecule has 0 saturated heterocycles. The van der Waals surface area contributed by atoms with Gasteiger partial charge in [0.05, 0.1) is 12.6 Å². The van der Waals surface area contributed by atoms with E-state index in [0.717, 1.165) is 35.2 Å². The summed E-state index contributed by atoms with van der Waals surface area (Å²) in [7, 11) is 5.63. The van der Waals surface area contributed by atoms with Crippen molar-refractivity contribution in [2.75, 3.05) is 27.7 Å². The average molecular weight is 389 g/mol. The quantitative estimate of drug-likeness (QED) is 0.821. The monoisotopic (exact) mass is 389 g/mol. The molecule has 1 atom stereocenters. The van der Waals surface area contributed by atoms with Crippen LogP contribution in [0.15, 0.2) is 24.4 Å². The summed E-state index contributed by atoms with van der Waals surface area (Å²) in [5.74, 6) is 0.438. The number of carbonyl (C=O) groups excluding carboxylic acids is 2. The van der Waals surface area contributed by atoms with E-state index in [1.54, 1.807) is 18.6 Å². The van der Waals surface area contributed by atoms with E-state index < -0.39 is 17.7 Å². The number of benzene rings is 1. The maximum Gasteiger partial charge on any atom is 0.408 e. The van der Waals surface area contributed by atoms with Crippen molar-refractivity contribution < 1.29 is 19.1 Å². The van der Waals surface area contributed by atoms with Crippen LogP contribution >= 0.6 is 0 Å². The van der Waals surface area contributed by atoms with Crippen LogP contribution in [-0.4, -0.2) is 60.9 Å². The minimum absolute atomic E-state index is 0.296. The number of fused-ring (bicyclic) bond motifs is 1. The second kappa shape index (κ2) is 8.65. The maximum absolute atomic E-state index is 13.0. The van der Waals surface area contributed by atoms with Crippen molar-refractivity contribution in [3.8, 4) is 5.75 Å². The lowest BCUT2D eigenvalue weighted by Gasteiger charge is -2.21. The Morgan fingerprint density at radius 1 is 1.25 bits per heavy atom. The Balaban J connectivity index is 2.31. The first kappa shape index (κ1) is 21.8. The number of hydrogen-bond donors (Lipinski definition) is 1. The molecule has 0 radical (unpaired) electrons. The lowest BCUT2D eigenvalue weighted by atomic mass is 10.1. The van der Waals surface area contributed by atoms with Crippen molar-refractivity contribution in [3.63, 3.8) is 0 Å². The van der Waals surface area contributed by atoms with Crippen LogP contribution in [0.4, 0.5) is 4.79 Å². The van der Waals surface area contributed by atoms with Gasteiger partial charge < -0.3 is 19.7 Å². The largest absolute Gasteiger partial charge is 0.497 e. The number of carbonyl (C=O) groups is 2. The number of nitrogens with zero attached hydrogens (tertiary/aromatic N) is 2. The number of likely N-dealkylation sites (N-methyl/N-ethyl adjacent to an activating group) is 1. The van der Waals surface area contributed by atoms with Gasteiger partial charge in [-0.05, 0) is 72.0 Å². The first-order valence-corrected chi connectivity index (χ1v) is 9.37. The van der Waals surface area contributed by atoms with Crippen molar-refractivity contribution in [2.45, 2.75) is 45.8 Å². The highest BCUT2D eigenvalue weighted by Crippen LogP contribution is 2.27. The summed E-state index contributed by atoms with van der Waals surface area (Å²) in [4.78, 5) is 27.1. The predicted octanol–water partition coefficient (Wildman–Crippen LogP) is 3.31. The molecular formula is C21H31N3O4. The summed E-state index contributed by atoms with van der Waals surface area (Å²) < 4.78 is 12.2. The van der Waals surface area contributed by atoms with Crippen molar-refractivity contribution in [1.29, 1.82) is 0 Å². The topological polar surface area (TPSA) is 72.8 Å². The Morgan fingerprint density at radius 2 is 1.93 bits per heavy atom. The first-order chi connectivity index (χ1) is 13.0. The molecule has 7 nitrogen and oxygen atoms in total. The first-order valence-electron chi connectivity index (χ1n) is 9.37. The van der Waals surface area contributed by atoms with Crippen molar-refractivity contribution in [2.24, 2.45) is 0 Å². The van der Waals surface area contributed by atoms with E-state index in [2.05, 4.69) is 10.2 Å². The maximum atomic E-state index is 13.0. The fourth-order valence-corrected chi connectivity index (χ4v) is 2.87. The van der Waals surface area contributed by atoms with Crippen LogP contribution in [0.25, 0.3) is 10.9 Å². The smallest absolute Gasteiger partial charge is 0.408 e. The second-order valence-electron chi connectivity index (χ2n) is 8.22. The molecule has 0 fully saturated rings. The van der Waals surface area contributed by atoms with Gasteiger partial charge in [-0.1, -0.05) is 0 Å².